The van der Waals surface area contributed by atoms with Crippen LogP contribution in [0.5, 0.6) is 0 Å². The second-order valence-electron chi connectivity index (χ2n) is 5.41. The normalized spacial score (nSPS) is 13.0. The minimum Gasteiger partial charge on any atom is -0.316 e. The number of halogens is 2. The van der Waals surface area contributed by atoms with Crippen LogP contribution in [0.3, 0.4) is 0 Å². The van der Waals surface area contributed by atoms with Gasteiger partial charge in [-0.2, -0.15) is 0 Å². The third-order valence-corrected chi connectivity index (χ3v) is 3.41. The van der Waals surface area contributed by atoms with E-state index < -0.39 is 0 Å². The molecule has 0 saturated heterocycles. The fraction of sp³-hybridized carbons (Fsp3) is 0.600. The molecule has 0 amide bonds. The Morgan fingerprint density at radius 1 is 1.22 bits per heavy atom. The van der Waals surface area contributed by atoms with E-state index in [1.54, 1.807) is 6.07 Å². The van der Waals surface area contributed by atoms with Crippen molar-refractivity contribution in [2.45, 2.75) is 33.6 Å². The van der Waals surface area contributed by atoms with Crippen molar-refractivity contribution in [1.29, 1.82) is 0 Å². The Morgan fingerprint density at radius 3 is 2.61 bits per heavy atom. The highest BCUT2D eigenvalue weighted by Gasteiger charge is 2.08. The predicted molar refractivity (Wildman–Crippen MR) is 76.6 cm³/mol. The molecule has 0 aliphatic rings. The van der Waals surface area contributed by atoms with Crippen LogP contribution in [0.25, 0.3) is 0 Å². The highest BCUT2D eigenvalue weighted by Crippen LogP contribution is 2.22. The smallest absolute Gasteiger partial charge is 0.142 e. The van der Waals surface area contributed by atoms with Crippen LogP contribution in [0.2, 0.25) is 5.02 Å². The lowest BCUT2D eigenvalue weighted by atomic mass is 10.0. The Labute approximate surface area is 115 Å². The summed E-state index contributed by atoms with van der Waals surface area (Å²) in [6.07, 6.45) is 1.86. The molecule has 0 aliphatic heterocycles. The fourth-order valence-electron chi connectivity index (χ4n) is 1.86. The predicted octanol–water partition coefficient (Wildman–Crippen LogP) is 4.29. The first-order valence-electron chi connectivity index (χ1n) is 6.64. The molecule has 0 aliphatic carbocycles. The number of rotatable bonds is 7. The molecule has 1 nitrogen and oxygen atoms in total. The third-order valence-electron chi connectivity index (χ3n) is 2.98. The van der Waals surface area contributed by atoms with Crippen molar-refractivity contribution in [3.05, 3.63) is 34.6 Å². The first-order valence-corrected chi connectivity index (χ1v) is 7.02. The number of nitrogens with one attached hydrogen (secondary N) is 1. The molecule has 1 unspecified atom stereocenters. The molecular weight excluding hydrogens is 249 g/mol. The highest BCUT2D eigenvalue weighted by atomic mass is 35.5. The molecule has 102 valence electrons. The van der Waals surface area contributed by atoms with E-state index in [-0.39, 0.29) is 10.8 Å². The van der Waals surface area contributed by atoms with Gasteiger partial charge in [-0.1, -0.05) is 44.5 Å². The lowest BCUT2D eigenvalue weighted by molar-refractivity contribution is 0.454. The molecular formula is C15H23ClFN. The van der Waals surface area contributed by atoms with Crippen LogP contribution in [-0.4, -0.2) is 13.1 Å². The summed E-state index contributed by atoms with van der Waals surface area (Å²) in [4.78, 5) is 0. The van der Waals surface area contributed by atoms with Gasteiger partial charge in [0.25, 0.3) is 0 Å². The number of aryl methyl sites for hydroxylation is 1. The first-order chi connectivity index (χ1) is 8.50. The van der Waals surface area contributed by atoms with Crippen molar-refractivity contribution in [3.63, 3.8) is 0 Å². The van der Waals surface area contributed by atoms with Crippen molar-refractivity contribution in [2.75, 3.05) is 13.1 Å². The first kappa shape index (κ1) is 15.5. The maximum Gasteiger partial charge on any atom is 0.142 e. The lowest BCUT2D eigenvalue weighted by Crippen LogP contribution is -2.25. The van der Waals surface area contributed by atoms with E-state index in [0.29, 0.717) is 11.8 Å². The number of benzene rings is 1. The Morgan fingerprint density at radius 2 is 1.94 bits per heavy atom. The Bertz CT molecular complexity index is 366. The maximum atomic E-state index is 13.3. The van der Waals surface area contributed by atoms with Gasteiger partial charge in [-0.3, -0.25) is 0 Å². The van der Waals surface area contributed by atoms with Crippen LogP contribution < -0.4 is 5.32 Å². The van der Waals surface area contributed by atoms with E-state index in [9.17, 15) is 4.39 Å². The van der Waals surface area contributed by atoms with Crippen LogP contribution in [0.1, 0.15) is 32.8 Å². The Hall–Kier alpha value is -0.600. The highest BCUT2D eigenvalue weighted by molar-refractivity contribution is 6.31. The van der Waals surface area contributed by atoms with Crippen LogP contribution in [0, 0.1) is 17.7 Å². The second kappa shape index (κ2) is 7.75. The van der Waals surface area contributed by atoms with Crippen LogP contribution in [0.4, 0.5) is 4.39 Å². The van der Waals surface area contributed by atoms with Gasteiger partial charge in [-0.25, -0.2) is 4.39 Å². The summed E-state index contributed by atoms with van der Waals surface area (Å²) in [7, 11) is 0. The van der Waals surface area contributed by atoms with Crippen LogP contribution in [0.15, 0.2) is 18.2 Å². The Kier molecular flexibility index (Phi) is 6.66. The van der Waals surface area contributed by atoms with Crippen molar-refractivity contribution in [3.8, 4) is 0 Å². The zero-order valence-electron chi connectivity index (χ0n) is 11.5. The zero-order valence-corrected chi connectivity index (χ0v) is 12.2. The molecule has 1 aromatic carbocycles. The third kappa shape index (κ3) is 5.36. The summed E-state index contributed by atoms with van der Waals surface area (Å²) in [5.41, 5.74) is 0.910. The van der Waals surface area contributed by atoms with Gasteiger partial charge in [0, 0.05) is 0 Å². The molecule has 1 atom stereocenters. The van der Waals surface area contributed by atoms with E-state index in [4.69, 9.17) is 11.6 Å². The van der Waals surface area contributed by atoms with Gasteiger partial charge in [-0.05, 0) is 49.4 Å². The molecule has 18 heavy (non-hydrogen) atoms. The van der Waals surface area contributed by atoms with Crippen LogP contribution in [-0.2, 0) is 6.42 Å². The zero-order chi connectivity index (χ0) is 13.5. The van der Waals surface area contributed by atoms with Crippen molar-refractivity contribution < 1.29 is 4.39 Å². The standard InChI is InChI=1S/C15H23ClFN/c1-11(2)9-18-10-12(3)7-8-13-5-4-6-14(17)15(13)16/h4-6,11-12,18H,7-10H2,1-3H3. The molecule has 0 fully saturated rings. The molecule has 0 radical (unpaired) electrons. The van der Waals surface area contributed by atoms with Gasteiger partial charge in [0.2, 0.25) is 0 Å². The van der Waals surface area contributed by atoms with Crippen molar-refractivity contribution in [2.24, 2.45) is 11.8 Å². The number of hydrogen-bond acceptors (Lipinski definition) is 1. The van der Waals surface area contributed by atoms with E-state index in [2.05, 4.69) is 26.1 Å². The summed E-state index contributed by atoms with van der Waals surface area (Å²) >= 11 is 5.93. The maximum absolute atomic E-state index is 13.3. The van der Waals surface area contributed by atoms with Gasteiger partial charge in [0.05, 0.1) is 5.02 Å². The molecule has 0 aromatic heterocycles. The topological polar surface area (TPSA) is 12.0 Å². The molecule has 1 N–H and O–H groups in total. The SMILES string of the molecule is CC(C)CNCC(C)CCc1cccc(F)c1Cl. The van der Waals surface area contributed by atoms with Gasteiger partial charge in [-0.15, -0.1) is 0 Å². The number of hydrogen-bond donors (Lipinski definition) is 1. The molecule has 1 rings (SSSR count). The summed E-state index contributed by atoms with van der Waals surface area (Å²) in [5.74, 6) is 0.928. The average Bonchev–Trinajstić information content (AvgIpc) is 2.30. The van der Waals surface area contributed by atoms with E-state index in [1.165, 1.54) is 6.07 Å². The summed E-state index contributed by atoms with van der Waals surface area (Å²) in [6, 6.07) is 5.03. The molecule has 1 aromatic rings. The molecule has 0 bridgehead atoms. The van der Waals surface area contributed by atoms with Crippen molar-refractivity contribution >= 4 is 11.6 Å². The molecule has 3 heteroatoms. The quantitative estimate of drug-likeness (QED) is 0.780. The fourth-order valence-corrected chi connectivity index (χ4v) is 2.08. The van der Waals surface area contributed by atoms with E-state index in [0.717, 1.165) is 31.5 Å². The second-order valence-corrected chi connectivity index (χ2v) is 5.79. The molecule has 0 saturated carbocycles. The summed E-state index contributed by atoms with van der Waals surface area (Å²) in [6.45, 7) is 8.66. The van der Waals surface area contributed by atoms with E-state index in [1.807, 2.05) is 6.07 Å². The molecule has 0 spiro atoms. The summed E-state index contributed by atoms with van der Waals surface area (Å²) in [5, 5.41) is 3.72. The lowest BCUT2D eigenvalue weighted by Gasteiger charge is -2.14. The van der Waals surface area contributed by atoms with Gasteiger partial charge in [0.1, 0.15) is 5.82 Å². The van der Waals surface area contributed by atoms with Gasteiger partial charge >= 0.3 is 0 Å². The Balaban J connectivity index is 2.33. The minimum atomic E-state index is -0.320. The summed E-state index contributed by atoms with van der Waals surface area (Å²) < 4.78 is 13.3. The van der Waals surface area contributed by atoms with Gasteiger partial charge in [0.15, 0.2) is 0 Å². The average molecular weight is 272 g/mol. The minimum absolute atomic E-state index is 0.278. The molecule has 0 heterocycles. The van der Waals surface area contributed by atoms with Crippen molar-refractivity contribution in [1.82, 2.24) is 5.32 Å². The van der Waals surface area contributed by atoms with E-state index >= 15 is 0 Å². The monoisotopic (exact) mass is 271 g/mol. The van der Waals surface area contributed by atoms with Crippen LogP contribution >= 0.6 is 11.6 Å². The van der Waals surface area contributed by atoms with Gasteiger partial charge < -0.3 is 5.32 Å². The largest absolute Gasteiger partial charge is 0.316 e.